The zero-order valence-electron chi connectivity index (χ0n) is 12.3. The molecule has 2 atom stereocenters. The van der Waals surface area contributed by atoms with Crippen LogP contribution < -0.4 is 0 Å². The van der Waals surface area contributed by atoms with Crippen LogP contribution in [-0.2, 0) is 16.6 Å². The summed E-state index contributed by atoms with van der Waals surface area (Å²) in [5, 5.41) is 8.94. The van der Waals surface area contributed by atoms with Crippen LogP contribution in [-0.4, -0.2) is 46.7 Å². The molecule has 3 nitrogen and oxygen atoms in total. The highest BCUT2D eigenvalue weighted by Gasteiger charge is 2.31. The summed E-state index contributed by atoms with van der Waals surface area (Å²) in [6, 6.07) is -1.53. The second-order valence-electron chi connectivity index (χ2n) is 5.05. The molecule has 0 aromatic rings. The highest BCUT2D eigenvalue weighted by molar-refractivity contribution is 8.15. The summed E-state index contributed by atoms with van der Waals surface area (Å²) in [7, 11) is 0. The van der Waals surface area contributed by atoms with E-state index in [0.29, 0.717) is 11.3 Å². The fourth-order valence-electron chi connectivity index (χ4n) is 2.10. The standard InChI is InChI=1S/C13H28NO2PS/c1-6-11(4)17(18,12(5)7-2)10-14(8-3)9-13(15)16/h11-12H,6-10H2,1-5H3,(H,15,16). The number of carboxylic acids is 1. The van der Waals surface area contributed by atoms with E-state index in [1.165, 1.54) is 0 Å². The van der Waals surface area contributed by atoms with Crippen LogP contribution in [0.4, 0.5) is 0 Å². The average Bonchev–Trinajstić information content (AvgIpc) is 2.34. The molecule has 0 fully saturated rings. The Morgan fingerprint density at radius 3 is 1.94 bits per heavy atom. The Hall–Kier alpha value is 0.0800. The molecule has 1 N–H and O–H groups in total. The van der Waals surface area contributed by atoms with Crippen molar-refractivity contribution in [2.45, 2.75) is 58.8 Å². The van der Waals surface area contributed by atoms with Gasteiger partial charge >= 0.3 is 5.97 Å². The maximum absolute atomic E-state index is 10.9. The van der Waals surface area contributed by atoms with E-state index >= 15 is 0 Å². The highest BCUT2D eigenvalue weighted by atomic mass is 32.4. The fourth-order valence-corrected chi connectivity index (χ4v) is 7.07. The maximum atomic E-state index is 10.9. The monoisotopic (exact) mass is 293 g/mol. The van der Waals surface area contributed by atoms with Crippen molar-refractivity contribution >= 4 is 23.8 Å². The van der Waals surface area contributed by atoms with Crippen LogP contribution in [0.3, 0.4) is 0 Å². The number of carbonyl (C=O) groups is 1. The minimum Gasteiger partial charge on any atom is -0.480 e. The first-order valence-corrected chi connectivity index (χ1v) is 9.96. The van der Waals surface area contributed by atoms with Crippen molar-refractivity contribution in [3.63, 3.8) is 0 Å². The smallest absolute Gasteiger partial charge is 0.317 e. The third-order valence-electron chi connectivity index (χ3n) is 3.90. The van der Waals surface area contributed by atoms with Gasteiger partial charge in [-0.15, -0.1) is 0 Å². The molecule has 0 radical (unpaired) electrons. The first-order chi connectivity index (χ1) is 8.31. The number of hydrogen-bond donors (Lipinski definition) is 1. The summed E-state index contributed by atoms with van der Waals surface area (Å²) in [5.74, 6) is -0.758. The molecule has 2 unspecified atom stereocenters. The van der Waals surface area contributed by atoms with E-state index in [-0.39, 0.29) is 6.54 Å². The molecule has 0 spiro atoms. The second kappa shape index (κ2) is 8.29. The Morgan fingerprint density at radius 2 is 1.67 bits per heavy atom. The fraction of sp³-hybridized carbons (Fsp3) is 0.923. The molecule has 0 saturated carbocycles. The second-order valence-corrected chi connectivity index (χ2v) is 10.8. The molecule has 0 rings (SSSR count). The summed E-state index contributed by atoms with van der Waals surface area (Å²) >= 11 is 6.02. The molecule has 108 valence electrons. The zero-order chi connectivity index (χ0) is 14.3. The van der Waals surface area contributed by atoms with Gasteiger partial charge in [0.25, 0.3) is 0 Å². The van der Waals surface area contributed by atoms with Gasteiger partial charge in [0.1, 0.15) is 0 Å². The van der Waals surface area contributed by atoms with Crippen LogP contribution >= 0.6 is 6.04 Å². The van der Waals surface area contributed by atoms with Crippen LogP contribution in [0.5, 0.6) is 0 Å². The van der Waals surface area contributed by atoms with Gasteiger partial charge < -0.3 is 5.11 Å². The summed E-state index contributed by atoms with van der Waals surface area (Å²) in [6.07, 6.45) is 2.98. The zero-order valence-corrected chi connectivity index (χ0v) is 14.1. The molecule has 0 heterocycles. The van der Waals surface area contributed by atoms with Crippen molar-refractivity contribution in [3.8, 4) is 0 Å². The lowest BCUT2D eigenvalue weighted by molar-refractivity contribution is -0.138. The molecule has 0 amide bonds. The number of nitrogens with zero attached hydrogens (tertiary/aromatic N) is 1. The first kappa shape index (κ1) is 18.1. The molecule has 18 heavy (non-hydrogen) atoms. The van der Waals surface area contributed by atoms with Crippen molar-refractivity contribution in [2.24, 2.45) is 0 Å². The van der Waals surface area contributed by atoms with E-state index in [0.717, 1.165) is 25.7 Å². The minimum absolute atomic E-state index is 0.113. The Kier molecular flexibility index (Phi) is 8.33. The van der Waals surface area contributed by atoms with Crippen LogP contribution in [0.25, 0.3) is 0 Å². The van der Waals surface area contributed by atoms with E-state index in [9.17, 15) is 4.79 Å². The summed E-state index contributed by atoms with van der Waals surface area (Å²) in [6.45, 7) is 11.7. The first-order valence-electron chi connectivity index (χ1n) is 6.84. The minimum atomic E-state index is -1.53. The summed E-state index contributed by atoms with van der Waals surface area (Å²) in [4.78, 5) is 12.9. The van der Waals surface area contributed by atoms with Crippen molar-refractivity contribution in [1.82, 2.24) is 4.90 Å². The van der Waals surface area contributed by atoms with E-state index in [4.69, 9.17) is 16.9 Å². The Bertz CT molecular complexity index is 295. The molecule has 0 aromatic heterocycles. The number of aliphatic carboxylic acids is 1. The van der Waals surface area contributed by atoms with Gasteiger partial charge in [0.2, 0.25) is 0 Å². The number of likely N-dealkylation sites (N-methyl/N-ethyl adjacent to an activating group) is 1. The molecule has 0 saturated heterocycles. The van der Waals surface area contributed by atoms with Gasteiger partial charge in [-0.05, 0) is 36.7 Å². The lowest BCUT2D eigenvalue weighted by Gasteiger charge is -2.37. The molecule has 0 aliphatic rings. The molecule has 0 aliphatic heterocycles. The molecule has 5 heteroatoms. The van der Waals surface area contributed by atoms with Crippen LogP contribution in [0.2, 0.25) is 0 Å². The van der Waals surface area contributed by atoms with Gasteiger partial charge in [-0.25, -0.2) is 0 Å². The van der Waals surface area contributed by atoms with Crippen molar-refractivity contribution in [3.05, 3.63) is 0 Å². The number of carboxylic acid groups (broad SMARTS) is 1. The topological polar surface area (TPSA) is 40.5 Å². The summed E-state index contributed by atoms with van der Waals surface area (Å²) < 4.78 is 0. The van der Waals surface area contributed by atoms with Crippen LogP contribution in [0.15, 0.2) is 0 Å². The van der Waals surface area contributed by atoms with Gasteiger partial charge in [-0.2, -0.15) is 0 Å². The third kappa shape index (κ3) is 4.99. The lowest BCUT2D eigenvalue weighted by Crippen LogP contribution is -2.33. The largest absolute Gasteiger partial charge is 0.480 e. The maximum Gasteiger partial charge on any atom is 0.317 e. The molecule has 0 bridgehead atoms. The normalized spacial score (nSPS) is 18.3. The quantitative estimate of drug-likeness (QED) is 0.661. The average molecular weight is 293 g/mol. The Morgan fingerprint density at radius 1 is 1.22 bits per heavy atom. The predicted octanol–water partition coefficient (Wildman–Crippen LogP) is 3.43. The predicted molar refractivity (Wildman–Crippen MR) is 83.5 cm³/mol. The Labute approximate surface area is 117 Å². The van der Waals surface area contributed by atoms with E-state index in [1.54, 1.807) is 0 Å². The van der Waals surface area contributed by atoms with Gasteiger partial charge in [-0.1, -0.05) is 46.4 Å². The van der Waals surface area contributed by atoms with Gasteiger partial charge in [0.05, 0.1) is 6.54 Å². The van der Waals surface area contributed by atoms with Crippen LogP contribution in [0.1, 0.15) is 47.5 Å². The Balaban J connectivity index is 4.98. The molecular weight excluding hydrogens is 265 g/mol. The number of rotatable bonds is 9. The molecule has 0 aromatic carbocycles. The van der Waals surface area contributed by atoms with E-state index < -0.39 is 12.0 Å². The molecular formula is C13H28NO2PS. The van der Waals surface area contributed by atoms with E-state index in [1.807, 2.05) is 11.8 Å². The van der Waals surface area contributed by atoms with Crippen molar-refractivity contribution in [2.75, 3.05) is 19.4 Å². The number of hydrogen-bond acceptors (Lipinski definition) is 3. The van der Waals surface area contributed by atoms with Gasteiger partial charge in [-0.3, -0.25) is 9.69 Å². The highest BCUT2D eigenvalue weighted by Crippen LogP contribution is 2.57. The van der Waals surface area contributed by atoms with Crippen molar-refractivity contribution < 1.29 is 9.90 Å². The SMILES string of the molecule is CCC(C)P(=S)(CN(CC)CC(=O)O)C(C)CC. The van der Waals surface area contributed by atoms with Gasteiger partial charge in [0.15, 0.2) is 0 Å². The van der Waals surface area contributed by atoms with Crippen LogP contribution in [0, 0.1) is 0 Å². The van der Waals surface area contributed by atoms with Gasteiger partial charge in [0, 0.05) is 6.29 Å². The molecule has 0 aliphatic carbocycles. The summed E-state index contributed by atoms with van der Waals surface area (Å²) in [5.41, 5.74) is 1.07. The third-order valence-corrected chi connectivity index (χ3v) is 11.0. The van der Waals surface area contributed by atoms with Crippen molar-refractivity contribution in [1.29, 1.82) is 0 Å². The van der Waals surface area contributed by atoms with E-state index in [2.05, 4.69) is 27.7 Å². The lowest BCUT2D eigenvalue weighted by atomic mass is 10.4.